The molecule has 0 saturated heterocycles. The van der Waals surface area contributed by atoms with Crippen molar-refractivity contribution < 1.29 is 9.34 Å². The van der Waals surface area contributed by atoms with Crippen LogP contribution in [0.4, 0.5) is 11.5 Å². The van der Waals surface area contributed by atoms with Gasteiger partial charge in [-0.15, -0.1) is 0 Å². The van der Waals surface area contributed by atoms with E-state index in [2.05, 4.69) is 15.5 Å². The molecule has 0 unspecified atom stereocenters. The molecule has 3 aromatic rings. The zero-order valence-electron chi connectivity index (χ0n) is 12.5. The van der Waals surface area contributed by atoms with Gasteiger partial charge in [0.05, 0.1) is 16.2 Å². The molecule has 0 spiro atoms. The Kier molecular flexibility index (Phi) is 4.97. The summed E-state index contributed by atoms with van der Waals surface area (Å²) in [7, 11) is 0. The number of benzene rings is 1. The second-order valence-corrected chi connectivity index (χ2v) is 5.67. The Bertz CT molecular complexity index is 956. The molecule has 25 heavy (non-hydrogen) atoms. The quantitative estimate of drug-likeness (QED) is 0.384. The molecule has 0 bridgehead atoms. The Labute approximate surface area is 152 Å². The molecule has 2 heterocycles. The summed E-state index contributed by atoms with van der Waals surface area (Å²) in [4.78, 5) is 14.2. The highest BCUT2D eigenvalue weighted by atomic mass is 35.5. The molecule has 0 aliphatic heterocycles. The van der Waals surface area contributed by atoms with Crippen LogP contribution in [0.5, 0.6) is 0 Å². The van der Waals surface area contributed by atoms with Crippen LogP contribution < -0.4 is 5.43 Å². The lowest BCUT2D eigenvalue weighted by Crippen LogP contribution is -1.98. The van der Waals surface area contributed by atoms with Crippen LogP contribution in [0.25, 0.3) is 11.3 Å². The molecule has 3 rings (SSSR count). The van der Waals surface area contributed by atoms with Crippen molar-refractivity contribution in [3.05, 3.63) is 74.6 Å². The Morgan fingerprint density at radius 3 is 2.88 bits per heavy atom. The number of nitrogens with one attached hydrogen (secondary N) is 1. The number of furan rings is 1. The maximum atomic E-state index is 10.9. The van der Waals surface area contributed by atoms with Gasteiger partial charge >= 0.3 is 5.69 Å². The van der Waals surface area contributed by atoms with Gasteiger partial charge in [0.2, 0.25) is 5.82 Å². The van der Waals surface area contributed by atoms with Gasteiger partial charge in [-0.2, -0.15) is 5.10 Å². The highest BCUT2D eigenvalue weighted by Crippen LogP contribution is 2.31. The number of hydrogen-bond acceptors (Lipinski definition) is 6. The first kappa shape index (κ1) is 16.9. The van der Waals surface area contributed by atoms with Gasteiger partial charge in [0.15, 0.2) is 0 Å². The maximum Gasteiger partial charge on any atom is 0.313 e. The van der Waals surface area contributed by atoms with Crippen LogP contribution in [-0.2, 0) is 0 Å². The fourth-order valence-electron chi connectivity index (χ4n) is 2.04. The van der Waals surface area contributed by atoms with Crippen LogP contribution in [0.2, 0.25) is 10.0 Å². The van der Waals surface area contributed by atoms with Crippen molar-refractivity contribution in [3.8, 4) is 11.3 Å². The lowest BCUT2D eigenvalue weighted by Gasteiger charge is -2.01. The smallest absolute Gasteiger partial charge is 0.313 e. The van der Waals surface area contributed by atoms with Crippen LogP contribution in [0.15, 0.2) is 58.2 Å². The Morgan fingerprint density at radius 1 is 1.24 bits per heavy atom. The molecule has 0 amide bonds. The average molecular weight is 377 g/mol. The number of nitrogens with zero attached hydrogens (tertiary/aromatic N) is 3. The van der Waals surface area contributed by atoms with Crippen LogP contribution >= 0.6 is 23.2 Å². The number of aromatic nitrogens is 1. The van der Waals surface area contributed by atoms with Gasteiger partial charge in [-0.1, -0.05) is 23.2 Å². The number of nitro groups is 1. The third-order valence-corrected chi connectivity index (χ3v) is 3.73. The van der Waals surface area contributed by atoms with Crippen molar-refractivity contribution in [3.63, 3.8) is 0 Å². The summed E-state index contributed by atoms with van der Waals surface area (Å²) < 4.78 is 5.63. The number of hydrogen-bond donors (Lipinski definition) is 1. The predicted octanol–water partition coefficient (Wildman–Crippen LogP) is 5.00. The third kappa shape index (κ3) is 3.96. The summed E-state index contributed by atoms with van der Waals surface area (Å²) in [5.41, 5.74) is 3.00. The molecule has 2 aromatic heterocycles. The lowest BCUT2D eigenvalue weighted by atomic mass is 10.2. The molecule has 0 radical (unpaired) electrons. The van der Waals surface area contributed by atoms with E-state index in [9.17, 15) is 10.1 Å². The van der Waals surface area contributed by atoms with Gasteiger partial charge in [0.25, 0.3) is 0 Å². The van der Waals surface area contributed by atoms with Crippen molar-refractivity contribution >= 4 is 40.9 Å². The van der Waals surface area contributed by atoms with E-state index in [0.29, 0.717) is 27.1 Å². The van der Waals surface area contributed by atoms with E-state index in [1.165, 1.54) is 24.5 Å². The van der Waals surface area contributed by atoms with Gasteiger partial charge in [0.1, 0.15) is 11.5 Å². The van der Waals surface area contributed by atoms with Crippen LogP contribution in [0.3, 0.4) is 0 Å². The van der Waals surface area contributed by atoms with E-state index < -0.39 is 4.92 Å². The van der Waals surface area contributed by atoms with E-state index in [1.807, 2.05) is 0 Å². The maximum absolute atomic E-state index is 10.9. The van der Waals surface area contributed by atoms with Crippen LogP contribution in [0.1, 0.15) is 5.76 Å². The molecular formula is C16H10Cl2N4O3. The largest absolute Gasteiger partial charge is 0.455 e. The van der Waals surface area contributed by atoms with E-state index in [1.54, 1.807) is 30.3 Å². The van der Waals surface area contributed by atoms with Gasteiger partial charge in [-0.25, -0.2) is 4.98 Å². The van der Waals surface area contributed by atoms with Gasteiger partial charge < -0.3 is 4.42 Å². The monoisotopic (exact) mass is 376 g/mol. The van der Waals surface area contributed by atoms with Crippen LogP contribution in [0, 0.1) is 10.1 Å². The Balaban J connectivity index is 1.77. The van der Waals surface area contributed by atoms with E-state index in [4.69, 9.17) is 27.6 Å². The Hall–Kier alpha value is -2.90. The fourth-order valence-corrected chi connectivity index (χ4v) is 2.42. The minimum atomic E-state index is -0.545. The van der Waals surface area contributed by atoms with Gasteiger partial charge in [0, 0.05) is 22.8 Å². The third-order valence-electron chi connectivity index (χ3n) is 3.17. The molecule has 1 N–H and O–H groups in total. The SMILES string of the molecule is O=[N+]([O-])c1cccnc1N/N=C\c1ccc(-c2cc(Cl)ccc2Cl)o1. The normalized spacial score (nSPS) is 11.0. The zero-order chi connectivity index (χ0) is 17.8. The molecular weight excluding hydrogens is 367 g/mol. The second-order valence-electron chi connectivity index (χ2n) is 4.82. The summed E-state index contributed by atoms with van der Waals surface area (Å²) in [5.74, 6) is 0.989. The Morgan fingerprint density at radius 2 is 2.08 bits per heavy atom. The second kappa shape index (κ2) is 7.33. The first-order valence-electron chi connectivity index (χ1n) is 6.98. The summed E-state index contributed by atoms with van der Waals surface area (Å²) in [6.07, 6.45) is 2.80. The molecule has 0 saturated carbocycles. The van der Waals surface area contributed by atoms with Gasteiger partial charge in [-0.05, 0) is 36.4 Å². The summed E-state index contributed by atoms with van der Waals surface area (Å²) in [6, 6.07) is 11.3. The number of pyridine rings is 1. The summed E-state index contributed by atoms with van der Waals surface area (Å²) in [5, 5.41) is 15.9. The molecule has 0 aliphatic rings. The van der Waals surface area contributed by atoms with Crippen molar-refractivity contribution in [2.75, 3.05) is 5.43 Å². The fraction of sp³-hybridized carbons (Fsp3) is 0. The molecule has 126 valence electrons. The summed E-state index contributed by atoms with van der Waals surface area (Å²) in [6.45, 7) is 0. The summed E-state index contributed by atoms with van der Waals surface area (Å²) >= 11 is 12.1. The van der Waals surface area contributed by atoms with Crippen molar-refractivity contribution in [1.29, 1.82) is 0 Å². The molecule has 0 aliphatic carbocycles. The molecule has 0 fully saturated rings. The average Bonchev–Trinajstić information content (AvgIpc) is 3.06. The lowest BCUT2D eigenvalue weighted by molar-refractivity contribution is -0.384. The number of halogens is 2. The first-order valence-corrected chi connectivity index (χ1v) is 7.74. The minimum Gasteiger partial charge on any atom is -0.455 e. The van der Waals surface area contributed by atoms with Gasteiger partial charge in [-0.3, -0.25) is 15.5 Å². The van der Waals surface area contributed by atoms with E-state index >= 15 is 0 Å². The first-order chi connectivity index (χ1) is 12.0. The zero-order valence-corrected chi connectivity index (χ0v) is 14.0. The van der Waals surface area contributed by atoms with E-state index in [0.717, 1.165) is 0 Å². The number of rotatable bonds is 5. The molecule has 1 aromatic carbocycles. The minimum absolute atomic E-state index is 0.0356. The van der Waals surface area contributed by atoms with Crippen molar-refractivity contribution in [2.45, 2.75) is 0 Å². The molecule has 0 atom stereocenters. The predicted molar refractivity (Wildman–Crippen MR) is 96.3 cm³/mol. The highest BCUT2D eigenvalue weighted by Gasteiger charge is 2.13. The highest BCUT2D eigenvalue weighted by molar-refractivity contribution is 6.35. The van der Waals surface area contributed by atoms with E-state index in [-0.39, 0.29) is 11.5 Å². The van der Waals surface area contributed by atoms with Crippen LogP contribution in [-0.4, -0.2) is 16.1 Å². The molecule has 7 nitrogen and oxygen atoms in total. The standard InChI is InChI=1S/C16H10Cl2N4O3/c17-10-3-5-13(18)12(8-10)15-6-4-11(25-15)9-20-21-16-14(22(23)24)2-1-7-19-16/h1-9H,(H,19,21)/b20-9-. The molecule has 9 heteroatoms. The van der Waals surface area contributed by atoms with Crippen molar-refractivity contribution in [2.24, 2.45) is 5.10 Å². The number of anilines is 1. The van der Waals surface area contributed by atoms with Crippen molar-refractivity contribution in [1.82, 2.24) is 4.98 Å². The topological polar surface area (TPSA) is 93.6 Å². The number of hydrazone groups is 1.